The Morgan fingerprint density at radius 2 is 1.95 bits per heavy atom. The van der Waals surface area contributed by atoms with Crippen molar-refractivity contribution in [3.63, 3.8) is 0 Å². The summed E-state index contributed by atoms with van der Waals surface area (Å²) >= 11 is 0. The molecular weight excluding hydrogens is 248 g/mol. The third-order valence-corrected chi connectivity index (χ3v) is 4.00. The SMILES string of the molecule is Cc1cc(N2CCCN(C)CC2)c2cc(N)ccc2n1. The lowest BCUT2D eigenvalue weighted by Gasteiger charge is -2.25. The minimum absolute atomic E-state index is 0.802. The maximum Gasteiger partial charge on any atom is 0.0727 e. The van der Waals surface area contributed by atoms with E-state index in [4.69, 9.17) is 5.73 Å². The lowest BCUT2D eigenvalue weighted by atomic mass is 10.1. The topological polar surface area (TPSA) is 45.4 Å². The molecular formula is C16H22N4. The molecule has 20 heavy (non-hydrogen) atoms. The number of anilines is 2. The number of nitrogens with zero attached hydrogens (tertiary/aromatic N) is 3. The van der Waals surface area contributed by atoms with Crippen molar-refractivity contribution in [1.82, 2.24) is 9.88 Å². The zero-order chi connectivity index (χ0) is 14.1. The van der Waals surface area contributed by atoms with Crippen LogP contribution in [0.25, 0.3) is 10.9 Å². The Bertz CT molecular complexity index is 623. The summed E-state index contributed by atoms with van der Waals surface area (Å²) in [5, 5.41) is 1.17. The maximum atomic E-state index is 5.96. The van der Waals surface area contributed by atoms with Gasteiger partial charge in [0, 0.05) is 42.1 Å². The normalized spacial score (nSPS) is 17.4. The van der Waals surface area contributed by atoms with Gasteiger partial charge in [0.25, 0.3) is 0 Å². The first-order valence-corrected chi connectivity index (χ1v) is 7.24. The van der Waals surface area contributed by atoms with Crippen LogP contribution in [-0.4, -0.2) is 43.1 Å². The smallest absolute Gasteiger partial charge is 0.0727 e. The number of nitrogen functional groups attached to an aromatic ring is 1. The van der Waals surface area contributed by atoms with E-state index in [0.717, 1.165) is 36.5 Å². The summed E-state index contributed by atoms with van der Waals surface area (Å²) in [6, 6.07) is 8.18. The fraction of sp³-hybridized carbons (Fsp3) is 0.438. The summed E-state index contributed by atoms with van der Waals surface area (Å²) < 4.78 is 0. The second-order valence-electron chi connectivity index (χ2n) is 5.70. The van der Waals surface area contributed by atoms with Gasteiger partial charge in [0.05, 0.1) is 5.52 Å². The fourth-order valence-corrected chi connectivity index (χ4v) is 2.90. The molecule has 1 fully saturated rings. The molecule has 0 saturated carbocycles. The second-order valence-corrected chi connectivity index (χ2v) is 5.70. The van der Waals surface area contributed by atoms with Crippen molar-refractivity contribution in [2.75, 3.05) is 43.9 Å². The Balaban J connectivity index is 2.07. The predicted molar refractivity (Wildman–Crippen MR) is 85.2 cm³/mol. The van der Waals surface area contributed by atoms with Gasteiger partial charge >= 0.3 is 0 Å². The van der Waals surface area contributed by atoms with Gasteiger partial charge in [0.15, 0.2) is 0 Å². The Hall–Kier alpha value is -1.81. The van der Waals surface area contributed by atoms with Crippen molar-refractivity contribution in [2.24, 2.45) is 0 Å². The number of likely N-dealkylation sites (N-methyl/N-ethyl adjacent to an activating group) is 1. The van der Waals surface area contributed by atoms with E-state index in [1.807, 2.05) is 18.2 Å². The van der Waals surface area contributed by atoms with Gasteiger partial charge in [-0.25, -0.2) is 0 Å². The molecule has 2 aromatic rings. The van der Waals surface area contributed by atoms with Crippen molar-refractivity contribution >= 4 is 22.3 Å². The summed E-state index contributed by atoms with van der Waals surface area (Å²) in [5.74, 6) is 0. The van der Waals surface area contributed by atoms with Crippen LogP contribution in [0.5, 0.6) is 0 Å². The molecule has 4 nitrogen and oxygen atoms in total. The summed E-state index contributed by atoms with van der Waals surface area (Å²) in [5.41, 5.74) is 10.1. The minimum Gasteiger partial charge on any atom is -0.399 e. The Morgan fingerprint density at radius 3 is 2.80 bits per heavy atom. The molecule has 2 heterocycles. The molecule has 3 rings (SSSR count). The van der Waals surface area contributed by atoms with Gasteiger partial charge in [-0.2, -0.15) is 0 Å². The van der Waals surface area contributed by atoms with Crippen LogP contribution in [0, 0.1) is 6.92 Å². The van der Waals surface area contributed by atoms with Crippen LogP contribution in [-0.2, 0) is 0 Å². The molecule has 1 aliphatic rings. The summed E-state index contributed by atoms with van der Waals surface area (Å²) in [4.78, 5) is 9.48. The van der Waals surface area contributed by atoms with Crippen LogP contribution in [0.1, 0.15) is 12.1 Å². The third-order valence-electron chi connectivity index (χ3n) is 4.00. The zero-order valence-corrected chi connectivity index (χ0v) is 12.3. The first kappa shape index (κ1) is 13.2. The number of aromatic nitrogens is 1. The number of pyridine rings is 1. The molecule has 0 bridgehead atoms. The Morgan fingerprint density at radius 1 is 1.10 bits per heavy atom. The molecule has 0 aliphatic carbocycles. The average molecular weight is 270 g/mol. The van der Waals surface area contributed by atoms with Crippen LogP contribution >= 0.6 is 0 Å². The first-order valence-electron chi connectivity index (χ1n) is 7.24. The van der Waals surface area contributed by atoms with Gasteiger partial charge < -0.3 is 15.5 Å². The standard InChI is InChI=1S/C16H22N4/c1-12-10-16(20-7-3-6-19(2)8-9-20)14-11-13(17)4-5-15(14)18-12/h4-5,10-11H,3,6-9,17H2,1-2H3. The first-order chi connectivity index (χ1) is 9.63. The highest BCUT2D eigenvalue weighted by Gasteiger charge is 2.15. The number of rotatable bonds is 1. The summed E-state index contributed by atoms with van der Waals surface area (Å²) in [7, 11) is 2.19. The highest BCUT2D eigenvalue weighted by Crippen LogP contribution is 2.29. The largest absolute Gasteiger partial charge is 0.399 e. The Kier molecular flexibility index (Phi) is 3.49. The van der Waals surface area contributed by atoms with Crippen LogP contribution in [0.4, 0.5) is 11.4 Å². The molecule has 0 atom stereocenters. The zero-order valence-electron chi connectivity index (χ0n) is 12.3. The highest BCUT2D eigenvalue weighted by molar-refractivity contribution is 5.94. The molecule has 0 amide bonds. The molecule has 4 heteroatoms. The van der Waals surface area contributed by atoms with Crippen molar-refractivity contribution in [3.05, 3.63) is 30.0 Å². The van der Waals surface area contributed by atoms with Gasteiger partial charge in [-0.3, -0.25) is 4.98 Å². The predicted octanol–water partition coefficient (Wildman–Crippen LogP) is 2.27. The van der Waals surface area contributed by atoms with Crippen LogP contribution in [0.15, 0.2) is 24.3 Å². The number of benzene rings is 1. The summed E-state index contributed by atoms with van der Waals surface area (Å²) in [6.45, 7) is 6.48. The second kappa shape index (κ2) is 5.29. The quantitative estimate of drug-likeness (QED) is 0.807. The van der Waals surface area contributed by atoms with E-state index >= 15 is 0 Å². The monoisotopic (exact) mass is 270 g/mol. The molecule has 0 unspecified atom stereocenters. The van der Waals surface area contributed by atoms with Crippen molar-refractivity contribution < 1.29 is 0 Å². The lowest BCUT2D eigenvalue weighted by Crippen LogP contribution is -2.29. The molecule has 1 aromatic heterocycles. The molecule has 1 saturated heterocycles. The summed E-state index contributed by atoms with van der Waals surface area (Å²) in [6.07, 6.45) is 1.20. The van der Waals surface area contributed by atoms with Crippen LogP contribution < -0.4 is 10.6 Å². The van der Waals surface area contributed by atoms with Gasteiger partial charge in [0.2, 0.25) is 0 Å². The van der Waals surface area contributed by atoms with Gasteiger partial charge in [0.1, 0.15) is 0 Å². The number of nitrogens with two attached hydrogens (primary N) is 1. The number of hydrogen-bond donors (Lipinski definition) is 1. The Labute approximate surface area is 120 Å². The molecule has 1 aliphatic heterocycles. The van der Waals surface area contributed by atoms with Crippen LogP contribution in [0.3, 0.4) is 0 Å². The lowest BCUT2D eigenvalue weighted by molar-refractivity contribution is 0.360. The number of hydrogen-bond acceptors (Lipinski definition) is 4. The van der Waals surface area contributed by atoms with E-state index in [0.29, 0.717) is 0 Å². The van der Waals surface area contributed by atoms with E-state index in [9.17, 15) is 0 Å². The van der Waals surface area contributed by atoms with Gasteiger partial charge in [-0.15, -0.1) is 0 Å². The van der Waals surface area contributed by atoms with Gasteiger partial charge in [-0.1, -0.05) is 0 Å². The third kappa shape index (κ3) is 2.56. The minimum atomic E-state index is 0.802. The fourth-order valence-electron chi connectivity index (χ4n) is 2.90. The van der Waals surface area contributed by atoms with E-state index in [1.165, 1.54) is 24.0 Å². The molecule has 2 N–H and O–H groups in total. The molecule has 0 radical (unpaired) electrons. The molecule has 106 valence electrons. The van der Waals surface area contributed by atoms with E-state index in [-0.39, 0.29) is 0 Å². The van der Waals surface area contributed by atoms with E-state index < -0.39 is 0 Å². The van der Waals surface area contributed by atoms with Crippen LogP contribution in [0.2, 0.25) is 0 Å². The van der Waals surface area contributed by atoms with Crippen molar-refractivity contribution in [2.45, 2.75) is 13.3 Å². The van der Waals surface area contributed by atoms with E-state index in [2.05, 4.69) is 34.8 Å². The number of fused-ring (bicyclic) bond motifs is 1. The van der Waals surface area contributed by atoms with Gasteiger partial charge in [-0.05, 0) is 51.2 Å². The maximum absolute atomic E-state index is 5.96. The molecule has 0 spiro atoms. The molecule has 1 aromatic carbocycles. The van der Waals surface area contributed by atoms with E-state index in [1.54, 1.807) is 0 Å². The van der Waals surface area contributed by atoms with Crippen molar-refractivity contribution in [3.8, 4) is 0 Å². The average Bonchev–Trinajstić information content (AvgIpc) is 2.63. The number of aryl methyl sites for hydroxylation is 1. The highest BCUT2D eigenvalue weighted by atomic mass is 15.2. The van der Waals surface area contributed by atoms with Crippen molar-refractivity contribution in [1.29, 1.82) is 0 Å².